The Morgan fingerprint density at radius 2 is 2.04 bits per heavy atom. The Balaban J connectivity index is 1.55. The lowest BCUT2D eigenvalue weighted by molar-refractivity contribution is -0.116. The Labute approximate surface area is 162 Å². The van der Waals surface area contributed by atoms with Gasteiger partial charge >= 0.3 is 0 Å². The average molecular weight is 383 g/mol. The average Bonchev–Trinajstić information content (AvgIpc) is 3.13. The summed E-state index contributed by atoms with van der Waals surface area (Å²) in [7, 11) is 0. The Kier molecular flexibility index (Phi) is 6.37. The van der Waals surface area contributed by atoms with Crippen LogP contribution in [0, 0.1) is 5.82 Å². The van der Waals surface area contributed by atoms with E-state index in [2.05, 4.69) is 15.5 Å². The van der Waals surface area contributed by atoms with Gasteiger partial charge in [0.2, 0.25) is 11.8 Å². The zero-order valence-corrected chi connectivity index (χ0v) is 15.8. The van der Waals surface area contributed by atoms with Crippen LogP contribution in [0.2, 0.25) is 0 Å². The molecule has 0 saturated heterocycles. The molecule has 0 atom stereocenters. The molecule has 0 bridgehead atoms. The SMILES string of the molecule is CC(C)c1noc(CCCC(=O)Nc2ccccc2Oc2cccc(F)c2)n1. The van der Waals surface area contributed by atoms with Crippen molar-refractivity contribution in [3.05, 3.63) is 66.1 Å². The lowest BCUT2D eigenvalue weighted by atomic mass is 10.2. The first-order valence-electron chi connectivity index (χ1n) is 9.16. The van der Waals surface area contributed by atoms with Crippen molar-refractivity contribution >= 4 is 11.6 Å². The van der Waals surface area contributed by atoms with Crippen molar-refractivity contribution in [2.45, 2.75) is 39.0 Å². The molecule has 0 radical (unpaired) electrons. The second-order valence-corrected chi connectivity index (χ2v) is 6.66. The third-order valence-electron chi connectivity index (χ3n) is 3.98. The minimum absolute atomic E-state index is 0.154. The molecule has 0 spiro atoms. The number of aryl methyl sites for hydroxylation is 1. The molecule has 1 amide bonds. The monoisotopic (exact) mass is 383 g/mol. The van der Waals surface area contributed by atoms with Crippen molar-refractivity contribution in [3.8, 4) is 11.5 Å². The number of nitrogens with one attached hydrogen (secondary N) is 1. The van der Waals surface area contributed by atoms with Gasteiger partial charge in [-0.05, 0) is 30.7 Å². The van der Waals surface area contributed by atoms with Crippen LogP contribution in [0.4, 0.5) is 10.1 Å². The van der Waals surface area contributed by atoms with E-state index >= 15 is 0 Å². The van der Waals surface area contributed by atoms with Gasteiger partial charge in [0.25, 0.3) is 0 Å². The highest BCUT2D eigenvalue weighted by molar-refractivity contribution is 5.92. The number of ether oxygens (including phenoxy) is 1. The minimum Gasteiger partial charge on any atom is -0.455 e. The van der Waals surface area contributed by atoms with Crippen molar-refractivity contribution in [2.24, 2.45) is 0 Å². The molecule has 2 aromatic carbocycles. The number of anilines is 1. The Hall–Kier alpha value is -3.22. The van der Waals surface area contributed by atoms with Gasteiger partial charge in [-0.2, -0.15) is 4.98 Å². The second kappa shape index (κ2) is 9.12. The van der Waals surface area contributed by atoms with E-state index in [-0.39, 0.29) is 17.6 Å². The Bertz CT molecular complexity index is 940. The molecule has 0 fully saturated rings. The summed E-state index contributed by atoms with van der Waals surface area (Å²) < 4.78 is 24.2. The number of benzene rings is 2. The maximum atomic E-state index is 13.3. The number of para-hydroxylation sites is 2. The number of amides is 1. The van der Waals surface area contributed by atoms with Gasteiger partial charge in [0, 0.05) is 24.8 Å². The van der Waals surface area contributed by atoms with Gasteiger partial charge in [0.1, 0.15) is 11.6 Å². The summed E-state index contributed by atoms with van der Waals surface area (Å²) >= 11 is 0. The first-order valence-corrected chi connectivity index (χ1v) is 9.16. The summed E-state index contributed by atoms with van der Waals surface area (Å²) in [5.74, 6) is 1.67. The van der Waals surface area contributed by atoms with E-state index in [9.17, 15) is 9.18 Å². The number of aromatic nitrogens is 2. The zero-order valence-electron chi connectivity index (χ0n) is 15.8. The lowest BCUT2D eigenvalue weighted by Crippen LogP contribution is -2.12. The fourth-order valence-electron chi connectivity index (χ4n) is 2.53. The third-order valence-corrected chi connectivity index (χ3v) is 3.98. The predicted molar refractivity (Wildman–Crippen MR) is 103 cm³/mol. The van der Waals surface area contributed by atoms with E-state index in [0.717, 1.165) is 0 Å². The molecule has 3 aromatic rings. The molecule has 6 nitrogen and oxygen atoms in total. The fraction of sp³-hybridized carbons (Fsp3) is 0.286. The summed E-state index contributed by atoms with van der Waals surface area (Å²) in [6.45, 7) is 3.98. The van der Waals surface area contributed by atoms with Crippen LogP contribution in [0.1, 0.15) is 44.3 Å². The summed E-state index contributed by atoms with van der Waals surface area (Å²) in [4.78, 5) is 16.6. The van der Waals surface area contributed by atoms with Crippen molar-refractivity contribution in [3.63, 3.8) is 0 Å². The van der Waals surface area contributed by atoms with Gasteiger partial charge in [0.15, 0.2) is 11.6 Å². The highest BCUT2D eigenvalue weighted by Gasteiger charge is 2.12. The van der Waals surface area contributed by atoms with Crippen molar-refractivity contribution < 1.29 is 18.4 Å². The zero-order chi connectivity index (χ0) is 19.9. The van der Waals surface area contributed by atoms with E-state index in [0.29, 0.717) is 48.2 Å². The molecule has 0 saturated carbocycles. The molecule has 1 aromatic heterocycles. The predicted octanol–water partition coefficient (Wildman–Crippen LogP) is 5.09. The lowest BCUT2D eigenvalue weighted by Gasteiger charge is -2.12. The molecule has 0 aliphatic heterocycles. The van der Waals surface area contributed by atoms with Crippen LogP contribution < -0.4 is 10.1 Å². The van der Waals surface area contributed by atoms with Crippen LogP contribution >= 0.6 is 0 Å². The van der Waals surface area contributed by atoms with E-state index in [1.54, 1.807) is 36.4 Å². The number of carbonyl (C=O) groups excluding carboxylic acids is 1. The largest absolute Gasteiger partial charge is 0.455 e. The Morgan fingerprint density at radius 3 is 2.79 bits per heavy atom. The van der Waals surface area contributed by atoms with E-state index in [4.69, 9.17) is 9.26 Å². The quantitative estimate of drug-likeness (QED) is 0.586. The van der Waals surface area contributed by atoms with Gasteiger partial charge in [-0.1, -0.05) is 37.2 Å². The van der Waals surface area contributed by atoms with Crippen LogP contribution in [-0.4, -0.2) is 16.0 Å². The minimum atomic E-state index is -0.388. The number of rotatable bonds is 8. The standard InChI is InChI=1S/C21H22FN3O3/c1-14(2)21-24-20(28-25-21)12-6-11-19(26)23-17-9-3-4-10-18(17)27-16-8-5-7-15(22)13-16/h3-5,7-10,13-14H,6,11-12H2,1-2H3,(H,23,26). The number of carbonyl (C=O) groups is 1. The molecule has 0 aliphatic rings. The summed E-state index contributed by atoms with van der Waals surface area (Å²) in [6.07, 6.45) is 1.42. The van der Waals surface area contributed by atoms with E-state index in [1.165, 1.54) is 12.1 Å². The first-order chi connectivity index (χ1) is 13.5. The topological polar surface area (TPSA) is 77.2 Å². The van der Waals surface area contributed by atoms with Crippen LogP contribution in [-0.2, 0) is 11.2 Å². The van der Waals surface area contributed by atoms with Crippen LogP contribution in [0.15, 0.2) is 53.1 Å². The molecule has 1 heterocycles. The van der Waals surface area contributed by atoms with Gasteiger partial charge in [-0.25, -0.2) is 4.39 Å². The van der Waals surface area contributed by atoms with Gasteiger partial charge in [0.05, 0.1) is 5.69 Å². The van der Waals surface area contributed by atoms with E-state index < -0.39 is 0 Å². The molecular weight excluding hydrogens is 361 g/mol. The normalized spacial score (nSPS) is 10.9. The molecule has 146 valence electrons. The van der Waals surface area contributed by atoms with Crippen LogP contribution in [0.5, 0.6) is 11.5 Å². The van der Waals surface area contributed by atoms with Gasteiger partial charge in [-0.3, -0.25) is 4.79 Å². The number of hydrogen-bond acceptors (Lipinski definition) is 5. The maximum absolute atomic E-state index is 13.3. The third kappa shape index (κ3) is 5.39. The van der Waals surface area contributed by atoms with Gasteiger partial charge in [-0.15, -0.1) is 0 Å². The maximum Gasteiger partial charge on any atom is 0.226 e. The summed E-state index contributed by atoms with van der Waals surface area (Å²) in [6, 6.07) is 12.9. The van der Waals surface area contributed by atoms with Crippen molar-refractivity contribution in [1.82, 2.24) is 10.1 Å². The van der Waals surface area contributed by atoms with Crippen molar-refractivity contribution in [1.29, 1.82) is 0 Å². The molecule has 0 aliphatic carbocycles. The molecular formula is C21H22FN3O3. The number of halogens is 1. The van der Waals surface area contributed by atoms with Crippen LogP contribution in [0.3, 0.4) is 0 Å². The van der Waals surface area contributed by atoms with E-state index in [1.807, 2.05) is 13.8 Å². The van der Waals surface area contributed by atoms with Crippen molar-refractivity contribution in [2.75, 3.05) is 5.32 Å². The highest BCUT2D eigenvalue weighted by Crippen LogP contribution is 2.29. The molecule has 0 unspecified atom stereocenters. The second-order valence-electron chi connectivity index (χ2n) is 6.66. The number of hydrogen-bond donors (Lipinski definition) is 1. The first kappa shape index (κ1) is 19.5. The van der Waals surface area contributed by atoms with Crippen LogP contribution in [0.25, 0.3) is 0 Å². The summed E-state index contributed by atoms with van der Waals surface area (Å²) in [5.41, 5.74) is 0.525. The smallest absolute Gasteiger partial charge is 0.226 e. The Morgan fingerprint density at radius 1 is 1.21 bits per heavy atom. The molecule has 3 rings (SSSR count). The summed E-state index contributed by atoms with van der Waals surface area (Å²) in [5, 5.41) is 6.74. The number of nitrogens with zero attached hydrogens (tertiary/aromatic N) is 2. The fourth-order valence-corrected chi connectivity index (χ4v) is 2.53. The highest BCUT2D eigenvalue weighted by atomic mass is 19.1. The van der Waals surface area contributed by atoms with Gasteiger partial charge < -0.3 is 14.6 Å². The molecule has 1 N–H and O–H groups in total. The molecule has 7 heteroatoms. The molecule has 28 heavy (non-hydrogen) atoms.